The number of anilines is 2. The quantitative estimate of drug-likeness (QED) is 0.632. The van der Waals surface area contributed by atoms with Crippen LogP contribution in [0.4, 0.5) is 11.4 Å². The highest BCUT2D eigenvalue weighted by atomic mass is 16.2. The van der Waals surface area contributed by atoms with Gasteiger partial charge in [-0.05, 0) is 36.6 Å². The summed E-state index contributed by atoms with van der Waals surface area (Å²) in [6.45, 7) is 2.93. The van der Waals surface area contributed by atoms with Gasteiger partial charge in [-0.1, -0.05) is 36.4 Å². The molecule has 0 saturated carbocycles. The monoisotopic (exact) mass is 377 g/mol. The molecule has 0 aromatic heterocycles. The van der Waals surface area contributed by atoms with Crippen LogP contribution in [0, 0.1) is 0 Å². The summed E-state index contributed by atoms with van der Waals surface area (Å²) in [6, 6.07) is 18.9. The first kappa shape index (κ1) is 18.3. The van der Waals surface area contributed by atoms with Crippen LogP contribution in [-0.2, 0) is 11.2 Å². The lowest BCUT2D eigenvalue weighted by Crippen LogP contribution is -2.48. The van der Waals surface area contributed by atoms with Crippen molar-refractivity contribution in [2.24, 2.45) is 4.99 Å². The second-order valence-corrected chi connectivity index (χ2v) is 7.26. The van der Waals surface area contributed by atoms with Crippen LogP contribution >= 0.6 is 0 Å². The lowest BCUT2D eigenvalue weighted by Gasteiger charge is -2.21. The van der Waals surface area contributed by atoms with E-state index in [0.29, 0.717) is 12.0 Å². The molecule has 146 valence electrons. The van der Waals surface area contributed by atoms with E-state index in [1.165, 1.54) is 11.3 Å². The van der Waals surface area contributed by atoms with E-state index in [9.17, 15) is 4.79 Å². The van der Waals surface area contributed by atoms with E-state index in [4.69, 9.17) is 0 Å². The van der Waals surface area contributed by atoms with Crippen LogP contribution in [0.25, 0.3) is 0 Å². The molecule has 4 rings (SSSR count). The van der Waals surface area contributed by atoms with E-state index in [2.05, 4.69) is 50.9 Å². The van der Waals surface area contributed by atoms with Crippen molar-refractivity contribution in [1.29, 1.82) is 0 Å². The third kappa shape index (κ3) is 3.96. The van der Waals surface area contributed by atoms with Crippen LogP contribution in [-0.4, -0.2) is 51.1 Å². The van der Waals surface area contributed by atoms with Gasteiger partial charge in [0.05, 0.1) is 6.54 Å². The van der Waals surface area contributed by atoms with Crippen LogP contribution in [0.5, 0.6) is 0 Å². The molecule has 0 bridgehead atoms. The second-order valence-electron chi connectivity index (χ2n) is 7.26. The van der Waals surface area contributed by atoms with Gasteiger partial charge in [0.25, 0.3) is 0 Å². The molecule has 2 N–H and O–H groups in total. The van der Waals surface area contributed by atoms with Crippen molar-refractivity contribution in [2.75, 3.05) is 43.0 Å². The number of aliphatic imine (C=N–C) groups is 1. The number of nitrogens with zero attached hydrogens (tertiary/aromatic N) is 3. The molecule has 0 radical (unpaired) electrons. The van der Waals surface area contributed by atoms with Crippen molar-refractivity contribution in [2.45, 2.75) is 18.9 Å². The summed E-state index contributed by atoms with van der Waals surface area (Å²) in [4.78, 5) is 21.2. The zero-order chi connectivity index (χ0) is 19.3. The Bertz CT molecular complexity index is 851. The molecule has 2 aliphatic rings. The zero-order valence-electron chi connectivity index (χ0n) is 16.3. The van der Waals surface area contributed by atoms with E-state index < -0.39 is 0 Å². The van der Waals surface area contributed by atoms with E-state index in [-0.39, 0.29) is 12.5 Å². The van der Waals surface area contributed by atoms with Crippen LogP contribution in [0.15, 0.2) is 59.6 Å². The minimum absolute atomic E-state index is 0.0743. The van der Waals surface area contributed by atoms with Gasteiger partial charge in [0.1, 0.15) is 0 Å². The molecule has 1 unspecified atom stereocenters. The number of amides is 1. The molecule has 6 nitrogen and oxygen atoms in total. The molecule has 2 aromatic carbocycles. The molecular formula is C22H27N5O. The van der Waals surface area contributed by atoms with Crippen molar-refractivity contribution in [3.05, 3.63) is 60.2 Å². The Kier molecular flexibility index (Phi) is 5.46. The average molecular weight is 377 g/mol. The predicted molar refractivity (Wildman–Crippen MR) is 114 cm³/mol. The Balaban J connectivity index is 1.28. The number of benzene rings is 2. The van der Waals surface area contributed by atoms with Crippen LogP contribution in [0.3, 0.4) is 0 Å². The number of fused-ring (bicyclic) bond motifs is 1. The second kappa shape index (κ2) is 8.33. The van der Waals surface area contributed by atoms with Crippen LogP contribution < -0.4 is 20.4 Å². The van der Waals surface area contributed by atoms with Crippen LogP contribution in [0.1, 0.15) is 12.0 Å². The molecule has 1 atom stereocenters. The minimum atomic E-state index is 0.0743. The lowest BCUT2D eigenvalue weighted by molar-refractivity contribution is -0.117. The molecule has 1 fully saturated rings. The van der Waals surface area contributed by atoms with E-state index in [1.54, 1.807) is 7.05 Å². The Morgan fingerprint density at radius 3 is 2.71 bits per heavy atom. The maximum absolute atomic E-state index is 12.7. The Morgan fingerprint density at radius 1 is 1.11 bits per heavy atom. The van der Waals surface area contributed by atoms with E-state index in [0.717, 1.165) is 38.2 Å². The average Bonchev–Trinajstić information content (AvgIpc) is 3.38. The molecule has 28 heavy (non-hydrogen) atoms. The minimum Gasteiger partial charge on any atom is -0.369 e. The number of carbonyl (C=O) groups excluding carboxylic acids is 1. The fourth-order valence-corrected chi connectivity index (χ4v) is 3.99. The first-order valence-electron chi connectivity index (χ1n) is 9.90. The van der Waals surface area contributed by atoms with Gasteiger partial charge in [-0.25, -0.2) is 0 Å². The largest absolute Gasteiger partial charge is 0.369 e. The van der Waals surface area contributed by atoms with Crippen LogP contribution in [0.2, 0.25) is 0 Å². The van der Waals surface area contributed by atoms with Crippen molar-refractivity contribution >= 4 is 23.2 Å². The van der Waals surface area contributed by atoms with Gasteiger partial charge in [-0.3, -0.25) is 9.79 Å². The number of hydrogen-bond donors (Lipinski definition) is 2. The summed E-state index contributed by atoms with van der Waals surface area (Å²) in [6.07, 6.45) is 1.97. The number of nitrogens with one attached hydrogen (secondary N) is 2. The third-order valence-electron chi connectivity index (χ3n) is 5.47. The van der Waals surface area contributed by atoms with E-state index in [1.807, 2.05) is 29.2 Å². The van der Waals surface area contributed by atoms with Crippen molar-refractivity contribution in [1.82, 2.24) is 10.6 Å². The molecule has 6 heteroatoms. The van der Waals surface area contributed by atoms with Crippen molar-refractivity contribution in [3.8, 4) is 0 Å². The fourth-order valence-electron chi connectivity index (χ4n) is 3.99. The first-order valence-corrected chi connectivity index (χ1v) is 9.90. The summed E-state index contributed by atoms with van der Waals surface area (Å²) in [5.41, 5.74) is 3.52. The molecule has 2 heterocycles. The lowest BCUT2D eigenvalue weighted by atomic mass is 10.2. The number of hydrogen-bond acceptors (Lipinski definition) is 3. The highest BCUT2D eigenvalue weighted by molar-refractivity contribution is 5.98. The summed E-state index contributed by atoms with van der Waals surface area (Å²) in [5, 5.41) is 6.64. The summed E-state index contributed by atoms with van der Waals surface area (Å²) in [5.74, 6) is 0.756. The standard InChI is InChI=1S/C22H27N5O/c1-23-22(25-18-12-13-26(16-18)19-8-3-2-4-9-19)24-15-21(28)27-14-11-17-7-5-6-10-20(17)27/h2-10,18H,11-16H2,1H3,(H2,23,24,25). The number of guanidine groups is 1. The van der Waals surface area contributed by atoms with Gasteiger partial charge in [0.2, 0.25) is 5.91 Å². The molecule has 0 aliphatic carbocycles. The fraction of sp³-hybridized carbons (Fsp3) is 0.364. The number of rotatable bonds is 4. The summed E-state index contributed by atoms with van der Waals surface area (Å²) >= 11 is 0. The third-order valence-corrected chi connectivity index (χ3v) is 5.47. The van der Waals surface area contributed by atoms with Crippen molar-refractivity contribution < 1.29 is 4.79 Å². The van der Waals surface area contributed by atoms with E-state index >= 15 is 0 Å². The first-order chi connectivity index (χ1) is 13.7. The molecule has 0 spiro atoms. The SMILES string of the molecule is CN=C(NCC(=O)N1CCc2ccccc21)NC1CCN(c2ccccc2)C1. The highest BCUT2D eigenvalue weighted by Gasteiger charge is 2.25. The van der Waals surface area contributed by atoms with Gasteiger partial charge in [-0.2, -0.15) is 0 Å². The van der Waals surface area contributed by atoms with Gasteiger partial charge in [-0.15, -0.1) is 0 Å². The Labute approximate surface area is 166 Å². The predicted octanol–water partition coefficient (Wildman–Crippen LogP) is 2.02. The Morgan fingerprint density at radius 2 is 1.89 bits per heavy atom. The molecule has 1 saturated heterocycles. The molecule has 1 amide bonds. The van der Waals surface area contributed by atoms with Gasteiger partial charge < -0.3 is 20.4 Å². The summed E-state index contributed by atoms with van der Waals surface area (Å²) < 4.78 is 0. The van der Waals surface area contributed by atoms with Gasteiger partial charge in [0, 0.05) is 44.1 Å². The maximum Gasteiger partial charge on any atom is 0.246 e. The topological polar surface area (TPSA) is 60.0 Å². The Hall–Kier alpha value is -3.02. The molecule has 2 aliphatic heterocycles. The zero-order valence-corrected chi connectivity index (χ0v) is 16.3. The highest BCUT2D eigenvalue weighted by Crippen LogP contribution is 2.27. The van der Waals surface area contributed by atoms with Crippen molar-refractivity contribution in [3.63, 3.8) is 0 Å². The number of carbonyl (C=O) groups is 1. The smallest absolute Gasteiger partial charge is 0.246 e. The molecule has 2 aromatic rings. The number of para-hydroxylation sites is 2. The summed E-state index contributed by atoms with van der Waals surface area (Å²) in [7, 11) is 1.74. The van der Waals surface area contributed by atoms with Gasteiger partial charge >= 0.3 is 0 Å². The van der Waals surface area contributed by atoms with Gasteiger partial charge in [0.15, 0.2) is 5.96 Å². The maximum atomic E-state index is 12.7. The normalized spacial score (nSPS) is 18.9. The molecular weight excluding hydrogens is 350 g/mol.